The molecule has 0 atom stereocenters. The summed E-state index contributed by atoms with van der Waals surface area (Å²) >= 11 is 12.3. The number of nitrogens with zero attached hydrogens (tertiary/aromatic N) is 1. The van der Waals surface area contributed by atoms with Crippen LogP contribution in [0.25, 0.3) is 0 Å². The van der Waals surface area contributed by atoms with E-state index in [9.17, 15) is 0 Å². The minimum atomic E-state index is 0.449. The largest absolute Gasteiger partial charge is 0.356 e. The number of aliphatic imine (C=N–C) groups is 1. The zero-order valence-electron chi connectivity index (χ0n) is 11.5. The highest BCUT2D eigenvalue weighted by Crippen LogP contribution is 2.24. The maximum absolute atomic E-state index is 6.15. The van der Waals surface area contributed by atoms with Crippen molar-refractivity contribution in [1.82, 2.24) is 10.6 Å². The van der Waals surface area contributed by atoms with Crippen LogP contribution >= 0.6 is 23.2 Å². The quantitative estimate of drug-likeness (QED) is 0.508. The van der Waals surface area contributed by atoms with E-state index in [2.05, 4.69) is 27.8 Å². The van der Waals surface area contributed by atoms with Gasteiger partial charge >= 0.3 is 0 Å². The van der Waals surface area contributed by atoms with E-state index >= 15 is 0 Å². The smallest absolute Gasteiger partial charge is 0.191 e. The SMILES string of the molecule is CN=C(NCCc1c(Cl)cccc1Cl)NC1CC=CC1. The average molecular weight is 312 g/mol. The molecule has 1 aromatic carbocycles. The molecule has 0 fully saturated rings. The van der Waals surface area contributed by atoms with E-state index in [0.717, 1.165) is 37.3 Å². The van der Waals surface area contributed by atoms with Crippen molar-refractivity contribution in [2.24, 2.45) is 4.99 Å². The molecule has 0 radical (unpaired) electrons. The molecule has 2 rings (SSSR count). The Bertz CT molecular complexity index is 484. The zero-order chi connectivity index (χ0) is 14.4. The van der Waals surface area contributed by atoms with E-state index in [4.69, 9.17) is 23.2 Å². The van der Waals surface area contributed by atoms with Gasteiger partial charge in [0.25, 0.3) is 0 Å². The molecule has 108 valence electrons. The van der Waals surface area contributed by atoms with Crippen molar-refractivity contribution in [3.63, 3.8) is 0 Å². The van der Waals surface area contributed by atoms with Crippen molar-refractivity contribution in [3.05, 3.63) is 46.0 Å². The summed E-state index contributed by atoms with van der Waals surface area (Å²) in [5.74, 6) is 0.821. The normalized spacial score (nSPS) is 15.7. The molecule has 0 amide bonds. The summed E-state index contributed by atoms with van der Waals surface area (Å²) in [7, 11) is 1.78. The van der Waals surface area contributed by atoms with Gasteiger partial charge in [-0.3, -0.25) is 4.99 Å². The van der Waals surface area contributed by atoms with Crippen molar-refractivity contribution in [2.45, 2.75) is 25.3 Å². The third-order valence-corrected chi connectivity index (χ3v) is 4.01. The summed E-state index contributed by atoms with van der Waals surface area (Å²) in [6.45, 7) is 0.739. The number of nitrogens with one attached hydrogen (secondary N) is 2. The van der Waals surface area contributed by atoms with Gasteiger partial charge in [0.05, 0.1) is 0 Å². The van der Waals surface area contributed by atoms with Gasteiger partial charge in [0.2, 0.25) is 0 Å². The molecule has 0 aliphatic heterocycles. The van der Waals surface area contributed by atoms with Crippen molar-refractivity contribution < 1.29 is 0 Å². The Labute approximate surface area is 130 Å². The van der Waals surface area contributed by atoms with Gasteiger partial charge in [0.1, 0.15) is 0 Å². The highest BCUT2D eigenvalue weighted by atomic mass is 35.5. The molecule has 20 heavy (non-hydrogen) atoms. The van der Waals surface area contributed by atoms with Crippen LogP contribution in [-0.2, 0) is 6.42 Å². The number of hydrogen-bond acceptors (Lipinski definition) is 1. The van der Waals surface area contributed by atoms with Crippen LogP contribution in [0.2, 0.25) is 10.0 Å². The first kappa shape index (κ1) is 15.2. The van der Waals surface area contributed by atoms with E-state index < -0.39 is 0 Å². The lowest BCUT2D eigenvalue weighted by Crippen LogP contribution is -2.43. The summed E-state index contributed by atoms with van der Waals surface area (Å²) in [6, 6.07) is 6.03. The van der Waals surface area contributed by atoms with Gasteiger partial charge in [-0.05, 0) is 37.0 Å². The van der Waals surface area contributed by atoms with E-state index in [1.807, 2.05) is 18.2 Å². The Morgan fingerprint density at radius 3 is 2.50 bits per heavy atom. The van der Waals surface area contributed by atoms with Gasteiger partial charge in [-0.2, -0.15) is 0 Å². The molecular formula is C15H19Cl2N3. The van der Waals surface area contributed by atoms with Crippen LogP contribution in [0, 0.1) is 0 Å². The second kappa shape index (κ2) is 7.55. The Morgan fingerprint density at radius 2 is 1.90 bits per heavy atom. The van der Waals surface area contributed by atoms with Gasteiger partial charge < -0.3 is 10.6 Å². The van der Waals surface area contributed by atoms with E-state index in [1.54, 1.807) is 7.05 Å². The number of guanidine groups is 1. The van der Waals surface area contributed by atoms with Crippen LogP contribution in [0.15, 0.2) is 35.3 Å². The van der Waals surface area contributed by atoms with Crippen molar-refractivity contribution in [1.29, 1.82) is 0 Å². The van der Waals surface area contributed by atoms with E-state index in [0.29, 0.717) is 16.1 Å². The van der Waals surface area contributed by atoms with Crippen LogP contribution in [0.1, 0.15) is 18.4 Å². The Hall–Kier alpha value is -1.19. The predicted molar refractivity (Wildman–Crippen MR) is 86.8 cm³/mol. The fourth-order valence-electron chi connectivity index (χ4n) is 2.20. The molecule has 1 aliphatic carbocycles. The van der Waals surface area contributed by atoms with E-state index in [-0.39, 0.29) is 0 Å². The number of hydrogen-bond donors (Lipinski definition) is 2. The average Bonchev–Trinajstić information content (AvgIpc) is 2.93. The molecule has 0 bridgehead atoms. The molecule has 1 aliphatic rings. The first-order valence-corrected chi connectivity index (χ1v) is 7.51. The fourth-order valence-corrected chi connectivity index (χ4v) is 2.79. The summed E-state index contributed by atoms with van der Waals surface area (Å²) in [5.41, 5.74) is 0.973. The minimum absolute atomic E-state index is 0.449. The lowest BCUT2D eigenvalue weighted by molar-refractivity contribution is 0.633. The monoisotopic (exact) mass is 311 g/mol. The Balaban J connectivity index is 1.82. The zero-order valence-corrected chi connectivity index (χ0v) is 13.0. The van der Waals surface area contributed by atoms with Gasteiger partial charge in [0, 0.05) is 29.7 Å². The molecule has 0 saturated carbocycles. The second-order valence-electron chi connectivity index (χ2n) is 4.73. The number of halogens is 2. The third-order valence-electron chi connectivity index (χ3n) is 3.30. The Kier molecular flexibility index (Phi) is 5.74. The molecule has 5 heteroatoms. The summed E-state index contributed by atoms with van der Waals surface area (Å²) in [4.78, 5) is 4.23. The predicted octanol–water partition coefficient (Wildman–Crippen LogP) is 3.42. The third kappa shape index (κ3) is 4.15. The van der Waals surface area contributed by atoms with Crippen molar-refractivity contribution in [3.8, 4) is 0 Å². The summed E-state index contributed by atoms with van der Waals surface area (Å²) < 4.78 is 0. The first-order chi connectivity index (χ1) is 9.70. The van der Waals surface area contributed by atoms with Gasteiger partial charge in [-0.1, -0.05) is 41.4 Å². The molecule has 0 aromatic heterocycles. The van der Waals surface area contributed by atoms with Gasteiger partial charge in [-0.25, -0.2) is 0 Å². The van der Waals surface area contributed by atoms with Crippen molar-refractivity contribution in [2.75, 3.05) is 13.6 Å². The molecule has 0 heterocycles. The van der Waals surface area contributed by atoms with Crippen molar-refractivity contribution >= 4 is 29.2 Å². The molecule has 0 spiro atoms. The highest BCUT2D eigenvalue weighted by molar-refractivity contribution is 6.35. The standard InChI is InChI=1S/C15H19Cl2N3/c1-18-15(20-11-5-2-3-6-11)19-10-9-12-13(16)7-4-8-14(12)17/h2-4,7-8,11H,5-6,9-10H2,1H3,(H2,18,19,20). The lowest BCUT2D eigenvalue weighted by atomic mass is 10.1. The molecule has 0 unspecified atom stereocenters. The Morgan fingerprint density at radius 1 is 1.25 bits per heavy atom. The highest BCUT2D eigenvalue weighted by Gasteiger charge is 2.11. The maximum Gasteiger partial charge on any atom is 0.191 e. The fraction of sp³-hybridized carbons (Fsp3) is 0.400. The van der Waals surface area contributed by atoms with Crippen LogP contribution < -0.4 is 10.6 Å². The molecule has 1 aromatic rings. The first-order valence-electron chi connectivity index (χ1n) is 6.75. The van der Waals surface area contributed by atoms with Gasteiger partial charge in [-0.15, -0.1) is 0 Å². The summed E-state index contributed by atoms with van der Waals surface area (Å²) in [5, 5.41) is 8.11. The van der Waals surface area contributed by atoms with Crippen LogP contribution in [0.5, 0.6) is 0 Å². The molecular weight excluding hydrogens is 293 g/mol. The molecule has 3 nitrogen and oxygen atoms in total. The second-order valence-corrected chi connectivity index (χ2v) is 5.55. The lowest BCUT2D eigenvalue weighted by Gasteiger charge is -2.17. The topological polar surface area (TPSA) is 36.4 Å². The molecule has 2 N–H and O–H groups in total. The number of rotatable bonds is 4. The van der Waals surface area contributed by atoms with Gasteiger partial charge in [0.15, 0.2) is 5.96 Å². The minimum Gasteiger partial charge on any atom is -0.356 e. The van der Waals surface area contributed by atoms with E-state index in [1.165, 1.54) is 0 Å². The van der Waals surface area contributed by atoms with Crippen LogP contribution in [0.3, 0.4) is 0 Å². The number of benzene rings is 1. The van der Waals surface area contributed by atoms with Crippen LogP contribution in [-0.4, -0.2) is 25.6 Å². The molecule has 0 saturated heterocycles. The summed E-state index contributed by atoms with van der Waals surface area (Å²) in [6.07, 6.45) is 7.25. The van der Waals surface area contributed by atoms with Crippen LogP contribution in [0.4, 0.5) is 0 Å². The maximum atomic E-state index is 6.15.